The lowest BCUT2D eigenvalue weighted by Crippen LogP contribution is -2.46. The van der Waals surface area contributed by atoms with Gasteiger partial charge in [0.1, 0.15) is 0 Å². The highest BCUT2D eigenvalue weighted by Gasteiger charge is 2.44. The van der Waals surface area contributed by atoms with Gasteiger partial charge in [-0.3, -0.25) is 0 Å². The Labute approximate surface area is 156 Å². The lowest BCUT2D eigenvalue weighted by molar-refractivity contribution is 0.0348. The van der Waals surface area contributed by atoms with Crippen molar-refractivity contribution in [2.24, 2.45) is 5.92 Å². The summed E-state index contributed by atoms with van der Waals surface area (Å²) in [6.45, 7) is 11.5. The molecule has 2 unspecified atom stereocenters. The van der Waals surface area contributed by atoms with E-state index in [1.165, 1.54) is 4.90 Å². The summed E-state index contributed by atoms with van der Waals surface area (Å²) >= 11 is 0. The lowest BCUT2D eigenvalue weighted by Gasteiger charge is -2.39. The monoisotopic (exact) mass is 379 g/mol. The molecule has 1 fully saturated rings. The second-order valence-corrected chi connectivity index (χ2v) is 13.1. The van der Waals surface area contributed by atoms with Gasteiger partial charge in [-0.15, -0.1) is 0 Å². The van der Waals surface area contributed by atoms with Crippen molar-refractivity contribution < 1.29 is 23.9 Å². The summed E-state index contributed by atoms with van der Waals surface area (Å²) in [5.41, 5.74) is 0.488. The average molecular weight is 380 g/mol. The number of rotatable bonds is 5. The van der Waals surface area contributed by atoms with Crippen molar-refractivity contribution in [2.45, 2.75) is 45.0 Å². The van der Waals surface area contributed by atoms with Gasteiger partial charge in [-0.1, -0.05) is 39.0 Å². The van der Waals surface area contributed by atoms with Gasteiger partial charge in [0.2, 0.25) is 0 Å². The molecule has 0 spiro atoms. The van der Waals surface area contributed by atoms with Crippen LogP contribution >= 0.6 is 0 Å². The Morgan fingerprint density at radius 3 is 2.35 bits per heavy atom. The number of hydrogen-bond acceptors (Lipinski definition) is 4. The van der Waals surface area contributed by atoms with Crippen LogP contribution in [0.5, 0.6) is 0 Å². The van der Waals surface area contributed by atoms with Crippen molar-refractivity contribution >= 4 is 20.4 Å². The van der Waals surface area contributed by atoms with Crippen LogP contribution in [0.2, 0.25) is 18.1 Å². The Morgan fingerprint density at radius 2 is 1.81 bits per heavy atom. The van der Waals surface area contributed by atoms with Crippen LogP contribution in [0.1, 0.15) is 31.1 Å². The van der Waals surface area contributed by atoms with Crippen LogP contribution < -0.4 is 0 Å². The second kappa shape index (κ2) is 7.80. The highest BCUT2D eigenvalue weighted by Crippen LogP contribution is 2.39. The molecule has 1 aliphatic heterocycles. The molecule has 1 heterocycles. The quantitative estimate of drug-likeness (QED) is 0.621. The topological polar surface area (TPSA) is 76.1 Å². The van der Waals surface area contributed by atoms with Gasteiger partial charge in [-0.05, 0) is 30.3 Å². The predicted molar refractivity (Wildman–Crippen MR) is 102 cm³/mol. The summed E-state index contributed by atoms with van der Waals surface area (Å²) < 4.78 is 11.9. The Kier molecular flexibility index (Phi) is 6.13. The molecule has 1 aromatic carbocycles. The Balaban J connectivity index is 2.05. The molecule has 2 atom stereocenters. The molecule has 0 aliphatic carbocycles. The average Bonchev–Trinajstić information content (AvgIpc) is 2.95. The van der Waals surface area contributed by atoms with Crippen LogP contribution in [-0.4, -0.2) is 56.2 Å². The van der Waals surface area contributed by atoms with Crippen LogP contribution in [-0.2, 0) is 9.16 Å². The van der Waals surface area contributed by atoms with Crippen molar-refractivity contribution in [1.29, 1.82) is 0 Å². The van der Waals surface area contributed by atoms with E-state index in [-0.39, 0.29) is 23.7 Å². The number of likely N-dealkylation sites (tertiary alicyclic amines) is 1. The minimum Gasteiger partial charge on any atom is -0.465 e. The van der Waals surface area contributed by atoms with Gasteiger partial charge in [-0.25, -0.2) is 9.59 Å². The van der Waals surface area contributed by atoms with E-state index in [1.807, 2.05) is 6.07 Å². The number of esters is 1. The van der Waals surface area contributed by atoms with Crippen LogP contribution in [0, 0.1) is 5.92 Å². The molecule has 1 N–H and O–H groups in total. The van der Waals surface area contributed by atoms with E-state index in [0.717, 1.165) is 0 Å². The molecular formula is C19H29NO5Si. The van der Waals surface area contributed by atoms with Crippen molar-refractivity contribution in [3.05, 3.63) is 35.9 Å². The maximum atomic E-state index is 12.2. The molecule has 0 radical (unpaired) electrons. The van der Waals surface area contributed by atoms with Crippen molar-refractivity contribution in [3.8, 4) is 0 Å². The molecule has 7 heteroatoms. The molecule has 0 aromatic heterocycles. The van der Waals surface area contributed by atoms with E-state index < -0.39 is 20.4 Å². The molecule has 26 heavy (non-hydrogen) atoms. The molecule has 144 valence electrons. The van der Waals surface area contributed by atoms with Gasteiger partial charge in [0.05, 0.1) is 18.3 Å². The number of ether oxygens (including phenoxy) is 1. The summed E-state index contributed by atoms with van der Waals surface area (Å²) in [6.07, 6.45) is -1.22. The number of carbonyl (C=O) groups excluding carboxylic acids is 1. The summed E-state index contributed by atoms with van der Waals surface area (Å²) in [7, 11) is -2.06. The Bertz CT molecular complexity index is 641. The van der Waals surface area contributed by atoms with E-state index in [2.05, 4.69) is 33.9 Å². The third-order valence-corrected chi connectivity index (χ3v) is 9.85. The van der Waals surface area contributed by atoms with Gasteiger partial charge in [0.25, 0.3) is 0 Å². The smallest absolute Gasteiger partial charge is 0.407 e. The predicted octanol–water partition coefficient (Wildman–Crippen LogP) is 3.84. The first-order valence-electron chi connectivity index (χ1n) is 8.89. The van der Waals surface area contributed by atoms with E-state index in [1.54, 1.807) is 24.3 Å². The van der Waals surface area contributed by atoms with Gasteiger partial charge in [0.15, 0.2) is 8.32 Å². The van der Waals surface area contributed by atoms with Gasteiger partial charge >= 0.3 is 12.1 Å². The van der Waals surface area contributed by atoms with Gasteiger partial charge in [-0.2, -0.15) is 0 Å². The zero-order valence-electron chi connectivity index (χ0n) is 16.2. The van der Waals surface area contributed by atoms with E-state index in [4.69, 9.17) is 9.16 Å². The molecular weight excluding hydrogens is 350 g/mol. The second-order valence-electron chi connectivity index (χ2n) is 8.33. The van der Waals surface area contributed by atoms with Crippen molar-refractivity contribution in [2.75, 3.05) is 19.7 Å². The molecule has 1 amide bonds. The van der Waals surface area contributed by atoms with Crippen LogP contribution in [0.15, 0.2) is 30.3 Å². The van der Waals surface area contributed by atoms with Crippen molar-refractivity contribution in [1.82, 2.24) is 4.90 Å². The standard InChI is InChI=1S/C19H29NO5Si/c1-19(2,3)26(4,5)25-16-12-20(18(22)23)11-15(16)13-24-17(21)14-9-7-6-8-10-14/h6-10,15-16H,11-13H2,1-5H3,(H,22,23). The number of nitrogens with zero attached hydrogens (tertiary/aromatic N) is 1. The molecule has 1 aliphatic rings. The number of amides is 1. The number of benzene rings is 1. The summed E-state index contributed by atoms with van der Waals surface area (Å²) in [5, 5.41) is 9.36. The number of carboxylic acid groups (broad SMARTS) is 1. The third-order valence-electron chi connectivity index (χ3n) is 5.34. The first kappa shape index (κ1) is 20.4. The van der Waals surface area contributed by atoms with Crippen molar-refractivity contribution in [3.63, 3.8) is 0 Å². The molecule has 1 aromatic rings. The maximum absolute atomic E-state index is 12.2. The Hall–Kier alpha value is -1.86. The first-order valence-corrected chi connectivity index (χ1v) is 11.8. The van der Waals surface area contributed by atoms with Crippen LogP contribution in [0.4, 0.5) is 4.79 Å². The Morgan fingerprint density at radius 1 is 1.19 bits per heavy atom. The van der Waals surface area contributed by atoms with E-state index >= 15 is 0 Å². The van der Waals surface area contributed by atoms with E-state index in [9.17, 15) is 14.7 Å². The fourth-order valence-corrected chi connectivity index (χ4v) is 4.06. The first-order chi connectivity index (χ1) is 12.0. The third kappa shape index (κ3) is 4.85. The largest absolute Gasteiger partial charge is 0.465 e. The fourth-order valence-electron chi connectivity index (χ4n) is 2.69. The zero-order valence-corrected chi connectivity index (χ0v) is 17.2. The lowest BCUT2D eigenvalue weighted by atomic mass is 10.1. The SMILES string of the molecule is CC(C)(C)[Si](C)(C)OC1CN(C(=O)O)CC1COC(=O)c1ccccc1. The maximum Gasteiger partial charge on any atom is 0.407 e. The summed E-state index contributed by atoms with van der Waals surface area (Å²) in [4.78, 5) is 24.9. The molecule has 0 bridgehead atoms. The van der Waals surface area contributed by atoms with Crippen LogP contribution in [0.25, 0.3) is 0 Å². The normalized spacial score (nSPS) is 20.9. The van der Waals surface area contributed by atoms with Crippen LogP contribution in [0.3, 0.4) is 0 Å². The minimum atomic E-state index is -2.06. The zero-order chi connectivity index (χ0) is 19.5. The number of carbonyl (C=O) groups is 2. The van der Waals surface area contributed by atoms with Gasteiger partial charge in [0, 0.05) is 19.0 Å². The highest BCUT2D eigenvalue weighted by molar-refractivity contribution is 6.74. The minimum absolute atomic E-state index is 0.0227. The molecule has 6 nitrogen and oxygen atoms in total. The molecule has 2 rings (SSSR count). The molecule has 0 saturated carbocycles. The summed E-state index contributed by atoms with van der Waals surface area (Å²) in [6, 6.07) is 8.79. The molecule has 1 saturated heterocycles. The summed E-state index contributed by atoms with van der Waals surface area (Å²) in [5.74, 6) is -0.557. The van der Waals surface area contributed by atoms with E-state index in [0.29, 0.717) is 18.7 Å². The fraction of sp³-hybridized carbons (Fsp3) is 0.579. The highest BCUT2D eigenvalue weighted by atomic mass is 28.4. The number of hydrogen-bond donors (Lipinski definition) is 1. The van der Waals surface area contributed by atoms with Gasteiger partial charge < -0.3 is 19.2 Å².